The van der Waals surface area contributed by atoms with Gasteiger partial charge in [0, 0.05) is 11.1 Å². The molecule has 0 spiro atoms. The van der Waals surface area contributed by atoms with E-state index in [1.54, 1.807) is 13.8 Å². The van der Waals surface area contributed by atoms with E-state index in [-0.39, 0.29) is 20.9 Å². The van der Waals surface area contributed by atoms with Gasteiger partial charge in [-0.15, -0.1) is 0 Å². The van der Waals surface area contributed by atoms with Crippen LogP contribution >= 0.6 is 34.4 Å². The van der Waals surface area contributed by atoms with Gasteiger partial charge in [0.1, 0.15) is 0 Å². The topological polar surface area (TPSA) is 0 Å². The monoisotopic (exact) mass is 326 g/mol. The zero-order valence-electron chi connectivity index (χ0n) is 10.2. The van der Waals surface area contributed by atoms with Crippen molar-refractivity contribution >= 4 is 34.4 Å². The van der Waals surface area contributed by atoms with Crippen molar-refractivity contribution in [3.8, 4) is 0 Å². The van der Waals surface area contributed by atoms with Crippen molar-refractivity contribution in [1.29, 1.82) is 0 Å². The quantitative estimate of drug-likeness (QED) is 0.655. The maximum Gasteiger partial charge on any atom is 0.193 e. The predicted molar refractivity (Wildman–Crippen MR) is 71.3 cm³/mol. The van der Waals surface area contributed by atoms with E-state index in [1.807, 2.05) is 0 Å². The Morgan fingerprint density at radius 3 is 1.42 bits per heavy atom. The summed E-state index contributed by atoms with van der Waals surface area (Å²) in [5, 5.41) is -2.58. The van der Waals surface area contributed by atoms with Crippen molar-refractivity contribution in [3.63, 3.8) is 0 Å². The molecule has 0 aliphatic rings. The molecule has 104 valence electrons. The first kappa shape index (κ1) is 14.9. The molecule has 0 fully saturated rings. The van der Waals surface area contributed by atoms with Gasteiger partial charge in [-0.05, 0) is 12.8 Å². The molecule has 0 aliphatic heterocycles. The van der Waals surface area contributed by atoms with Crippen LogP contribution in [0.15, 0.2) is 9.79 Å². The second kappa shape index (κ2) is 5.85. The fraction of sp³-hybridized carbons (Fsp3) is 0.333. The summed E-state index contributed by atoms with van der Waals surface area (Å²) in [6.45, 7) is 3.39. The highest BCUT2D eigenvalue weighted by atomic mass is 32.2. The Kier molecular flexibility index (Phi) is 4.58. The molecule has 0 amide bonds. The largest absolute Gasteiger partial charge is 0.195 e. The van der Waals surface area contributed by atoms with Gasteiger partial charge in [0.25, 0.3) is 0 Å². The fourth-order valence-electron chi connectivity index (χ4n) is 1.69. The van der Waals surface area contributed by atoms with E-state index in [1.165, 1.54) is 0 Å². The minimum Gasteiger partial charge on any atom is -0.195 e. The molecule has 7 heteroatoms. The summed E-state index contributed by atoms with van der Waals surface area (Å²) in [4.78, 5) is 0.132. The highest BCUT2D eigenvalue weighted by Gasteiger charge is 2.24. The molecule has 2 aromatic rings. The van der Waals surface area contributed by atoms with Gasteiger partial charge in [0.2, 0.25) is 0 Å². The van der Waals surface area contributed by atoms with Crippen molar-refractivity contribution in [1.82, 2.24) is 0 Å². The highest BCUT2D eigenvalue weighted by molar-refractivity contribution is 7.99. The molecule has 0 radical (unpaired) electrons. The molecule has 0 N–H and O–H groups in total. The Morgan fingerprint density at radius 2 is 1.11 bits per heavy atom. The van der Waals surface area contributed by atoms with Crippen LogP contribution in [0.4, 0.5) is 17.6 Å². The molecule has 0 nitrogen and oxygen atoms in total. The second-order valence-electron chi connectivity index (χ2n) is 3.72. The Labute approximate surface area is 120 Å². The minimum absolute atomic E-state index is 0.0661. The number of hydrogen-bond donors (Lipinski definition) is 0. The van der Waals surface area contributed by atoms with Gasteiger partial charge in [-0.25, -0.2) is 0 Å². The Balaban J connectivity index is 2.47. The van der Waals surface area contributed by atoms with Crippen LogP contribution in [-0.2, 0) is 12.8 Å². The standard InChI is InChI=1S/C12H10F4S3/c1-3-5-7(11(15)18-9(5)13)17-8-6(4-2)10(14)19-12(8)16/h3-4H2,1-2H3. The smallest absolute Gasteiger partial charge is 0.193 e. The Morgan fingerprint density at radius 1 is 0.737 bits per heavy atom. The summed E-state index contributed by atoms with van der Waals surface area (Å²) >= 11 is 1.57. The van der Waals surface area contributed by atoms with Crippen LogP contribution < -0.4 is 0 Å². The number of halogens is 4. The molecule has 0 bridgehead atoms. The minimum atomic E-state index is -0.688. The first-order valence-electron chi connectivity index (χ1n) is 5.60. The molecule has 0 aliphatic carbocycles. The summed E-state index contributed by atoms with van der Waals surface area (Å²) < 4.78 is 54.2. The first-order valence-corrected chi connectivity index (χ1v) is 8.05. The number of hydrogen-bond acceptors (Lipinski definition) is 3. The first-order chi connectivity index (χ1) is 8.99. The lowest BCUT2D eigenvalue weighted by atomic mass is 10.2. The van der Waals surface area contributed by atoms with Crippen molar-refractivity contribution in [2.45, 2.75) is 36.5 Å². The molecule has 2 heterocycles. The van der Waals surface area contributed by atoms with E-state index >= 15 is 0 Å². The lowest BCUT2D eigenvalue weighted by Crippen LogP contribution is -1.88. The number of thiophene rings is 2. The molecule has 0 aromatic carbocycles. The van der Waals surface area contributed by atoms with Crippen LogP contribution in [-0.4, -0.2) is 0 Å². The third-order valence-electron chi connectivity index (χ3n) is 2.65. The van der Waals surface area contributed by atoms with E-state index < -0.39 is 20.5 Å². The van der Waals surface area contributed by atoms with Crippen molar-refractivity contribution in [2.24, 2.45) is 0 Å². The average molecular weight is 326 g/mol. The van der Waals surface area contributed by atoms with Crippen LogP contribution in [0.5, 0.6) is 0 Å². The van der Waals surface area contributed by atoms with E-state index in [4.69, 9.17) is 0 Å². The summed E-state index contributed by atoms with van der Waals surface area (Å²) in [6.07, 6.45) is 0.620. The summed E-state index contributed by atoms with van der Waals surface area (Å²) in [6, 6.07) is 0. The van der Waals surface area contributed by atoms with Crippen LogP contribution in [0.3, 0.4) is 0 Å². The molecule has 0 unspecified atom stereocenters. The SMILES string of the molecule is CCc1c(F)sc(F)c1Sc1c(F)sc(F)c1CC. The third kappa shape index (κ3) is 2.68. The lowest BCUT2D eigenvalue weighted by Gasteiger charge is -2.03. The zero-order chi connectivity index (χ0) is 14.2. The maximum atomic E-state index is 13.7. The van der Waals surface area contributed by atoms with Gasteiger partial charge in [-0.3, -0.25) is 0 Å². The second-order valence-corrected chi connectivity index (χ2v) is 6.59. The lowest BCUT2D eigenvalue weighted by molar-refractivity contribution is 0.617. The molecule has 0 saturated heterocycles. The zero-order valence-corrected chi connectivity index (χ0v) is 12.6. The Hall–Kier alpha value is -0.530. The maximum absolute atomic E-state index is 13.7. The summed E-state index contributed by atoms with van der Waals surface area (Å²) in [5.74, 6) is 0. The average Bonchev–Trinajstić information content (AvgIpc) is 2.77. The van der Waals surface area contributed by atoms with Crippen LogP contribution in [0.2, 0.25) is 0 Å². The van der Waals surface area contributed by atoms with Crippen molar-refractivity contribution in [3.05, 3.63) is 31.7 Å². The fourth-order valence-corrected chi connectivity index (χ4v) is 4.89. The van der Waals surface area contributed by atoms with Gasteiger partial charge in [0.15, 0.2) is 20.5 Å². The van der Waals surface area contributed by atoms with Crippen LogP contribution in [0.25, 0.3) is 0 Å². The molecular weight excluding hydrogens is 316 g/mol. The molecule has 2 aromatic heterocycles. The number of rotatable bonds is 4. The van der Waals surface area contributed by atoms with Crippen LogP contribution in [0, 0.1) is 20.5 Å². The van der Waals surface area contributed by atoms with Gasteiger partial charge >= 0.3 is 0 Å². The van der Waals surface area contributed by atoms with Crippen molar-refractivity contribution in [2.75, 3.05) is 0 Å². The van der Waals surface area contributed by atoms with Crippen LogP contribution in [0.1, 0.15) is 25.0 Å². The molecule has 2 rings (SSSR count). The van der Waals surface area contributed by atoms with Gasteiger partial charge in [-0.2, -0.15) is 17.6 Å². The van der Waals surface area contributed by atoms with Gasteiger partial charge in [0.05, 0.1) is 9.79 Å². The molecule has 19 heavy (non-hydrogen) atoms. The third-order valence-corrected chi connectivity index (χ3v) is 5.79. The Bertz CT molecular complexity index is 548. The highest BCUT2D eigenvalue weighted by Crippen LogP contribution is 2.43. The van der Waals surface area contributed by atoms with Gasteiger partial charge in [-0.1, -0.05) is 48.3 Å². The predicted octanol–water partition coefficient (Wildman–Crippen LogP) is 5.64. The van der Waals surface area contributed by atoms with Gasteiger partial charge < -0.3 is 0 Å². The van der Waals surface area contributed by atoms with E-state index in [0.717, 1.165) is 11.8 Å². The van der Waals surface area contributed by atoms with E-state index in [0.29, 0.717) is 35.5 Å². The molecular formula is C12H10F4S3. The van der Waals surface area contributed by atoms with E-state index in [9.17, 15) is 17.6 Å². The molecule has 0 saturated carbocycles. The summed E-state index contributed by atoms with van der Waals surface area (Å²) in [5.41, 5.74) is 0.445. The van der Waals surface area contributed by atoms with Crippen molar-refractivity contribution < 1.29 is 17.6 Å². The molecule has 0 atom stereocenters. The summed E-state index contributed by atoms with van der Waals surface area (Å²) in [7, 11) is 0. The van der Waals surface area contributed by atoms with E-state index in [2.05, 4.69) is 0 Å². The normalized spacial score (nSPS) is 11.3.